The molecule has 0 radical (unpaired) electrons. The number of halogens is 2. The molecule has 29 heavy (non-hydrogen) atoms. The van der Waals surface area contributed by atoms with Gasteiger partial charge in [0.15, 0.2) is 5.78 Å². The van der Waals surface area contributed by atoms with E-state index in [1.165, 1.54) is 29.8 Å². The SMILES string of the molecule is Cn1c(=O)c(C(=O)CCC(=O)O)c(O)c2ccc(Oc3cccc(Cl)c3Cl)cc21. The summed E-state index contributed by atoms with van der Waals surface area (Å²) in [7, 11) is 1.44. The number of ether oxygens (including phenoxy) is 1. The van der Waals surface area contributed by atoms with Crippen molar-refractivity contribution >= 4 is 45.9 Å². The van der Waals surface area contributed by atoms with Crippen molar-refractivity contribution in [1.29, 1.82) is 0 Å². The minimum absolute atomic E-state index is 0.227. The van der Waals surface area contributed by atoms with Crippen molar-refractivity contribution < 1.29 is 24.5 Å². The van der Waals surface area contributed by atoms with Crippen molar-refractivity contribution in [3.63, 3.8) is 0 Å². The Morgan fingerprint density at radius 2 is 1.86 bits per heavy atom. The fraction of sp³-hybridized carbons (Fsp3) is 0.150. The molecular weight excluding hydrogens is 421 g/mol. The summed E-state index contributed by atoms with van der Waals surface area (Å²) >= 11 is 12.1. The highest BCUT2D eigenvalue weighted by molar-refractivity contribution is 6.42. The maximum Gasteiger partial charge on any atom is 0.303 e. The van der Waals surface area contributed by atoms with Crippen molar-refractivity contribution in [2.45, 2.75) is 12.8 Å². The van der Waals surface area contributed by atoms with Crippen LogP contribution in [-0.4, -0.2) is 26.5 Å². The number of aromatic hydroxyl groups is 1. The van der Waals surface area contributed by atoms with Crippen molar-refractivity contribution in [3.8, 4) is 17.2 Å². The van der Waals surface area contributed by atoms with Gasteiger partial charge in [-0.05, 0) is 24.3 Å². The van der Waals surface area contributed by atoms with Crippen LogP contribution in [0.15, 0.2) is 41.2 Å². The number of Topliss-reactive ketones (excluding diaryl/α,β-unsaturated/α-hetero) is 1. The molecule has 0 saturated carbocycles. The van der Waals surface area contributed by atoms with Crippen molar-refractivity contribution in [2.24, 2.45) is 7.05 Å². The Morgan fingerprint density at radius 3 is 2.55 bits per heavy atom. The minimum atomic E-state index is -1.17. The number of hydrogen-bond acceptors (Lipinski definition) is 5. The molecule has 0 spiro atoms. The normalized spacial score (nSPS) is 10.9. The number of nitrogens with zero attached hydrogens (tertiary/aromatic N) is 1. The van der Waals surface area contributed by atoms with Crippen LogP contribution < -0.4 is 10.3 Å². The van der Waals surface area contributed by atoms with Crippen LogP contribution in [0, 0.1) is 0 Å². The summed E-state index contributed by atoms with van der Waals surface area (Å²) in [6.45, 7) is 0. The summed E-state index contributed by atoms with van der Waals surface area (Å²) in [4.78, 5) is 35.6. The first-order valence-corrected chi connectivity index (χ1v) is 9.19. The zero-order valence-corrected chi connectivity index (χ0v) is 16.6. The molecule has 2 N–H and O–H groups in total. The number of benzene rings is 2. The van der Waals surface area contributed by atoms with Crippen LogP contribution in [0.25, 0.3) is 10.9 Å². The second kappa shape index (κ2) is 8.14. The molecular formula is C20H15Cl2NO6. The van der Waals surface area contributed by atoms with Gasteiger partial charge in [0.05, 0.1) is 17.0 Å². The van der Waals surface area contributed by atoms with Crippen LogP contribution in [0.1, 0.15) is 23.2 Å². The zero-order valence-electron chi connectivity index (χ0n) is 15.1. The molecule has 0 aliphatic rings. The number of carboxylic acid groups (broad SMARTS) is 1. The molecule has 0 unspecified atom stereocenters. The van der Waals surface area contributed by atoms with Gasteiger partial charge in [0.1, 0.15) is 27.8 Å². The Kier molecular flexibility index (Phi) is 5.81. The molecule has 9 heteroatoms. The number of carbonyl (C=O) groups excluding carboxylic acids is 1. The Hall–Kier alpha value is -3.03. The highest BCUT2D eigenvalue weighted by Crippen LogP contribution is 2.36. The van der Waals surface area contributed by atoms with Crippen LogP contribution in [-0.2, 0) is 11.8 Å². The fourth-order valence-corrected chi connectivity index (χ4v) is 3.18. The molecule has 0 amide bonds. The number of pyridine rings is 1. The van der Waals surface area contributed by atoms with E-state index in [1.54, 1.807) is 18.2 Å². The smallest absolute Gasteiger partial charge is 0.303 e. The fourth-order valence-electron chi connectivity index (χ4n) is 2.85. The minimum Gasteiger partial charge on any atom is -0.506 e. The molecule has 2 aromatic carbocycles. The van der Waals surface area contributed by atoms with Gasteiger partial charge >= 0.3 is 5.97 Å². The van der Waals surface area contributed by atoms with Gasteiger partial charge in [-0.15, -0.1) is 0 Å². The van der Waals surface area contributed by atoms with E-state index in [1.807, 2.05) is 0 Å². The van der Waals surface area contributed by atoms with Gasteiger partial charge in [0.25, 0.3) is 5.56 Å². The molecule has 7 nitrogen and oxygen atoms in total. The van der Waals surface area contributed by atoms with Crippen LogP contribution >= 0.6 is 23.2 Å². The number of aliphatic carboxylic acids is 1. The molecule has 3 aromatic rings. The second-order valence-electron chi connectivity index (χ2n) is 6.24. The first kappa shape index (κ1) is 20.7. The van der Waals surface area contributed by atoms with Crippen LogP contribution in [0.2, 0.25) is 10.0 Å². The third kappa shape index (κ3) is 4.06. The zero-order chi connectivity index (χ0) is 21.3. The maximum absolute atomic E-state index is 12.6. The second-order valence-corrected chi connectivity index (χ2v) is 7.02. The topological polar surface area (TPSA) is 106 Å². The molecule has 1 heterocycles. The molecule has 0 aliphatic carbocycles. The average Bonchev–Trinajstić information content (AvgIpc) is 2.68. The average molecular weight is 436 g/mol. The highest BCUT2D eigenvalue weighted by Gasteiger charge is 2.22. The number of ketones is 1. The number of hydrogen-bond donors (Lipinski definition) is 2. The molecule has 3 rings (SSSR count). The van der Waals surface area contributed by atoms with E-state index >= 15 is 0 Å². The van der Waals surface area contributed by atoms with Gasteiger partial charge in [-0.25, -0.2) is 0 Å². The number of aromatic nitrogens is 1. The van der Waals surface area contributed by atoms with Crippen LogP contribution in [0.4, 0.5) is 0 Å². The molecule has 150 valence electrons. The Bertz CT molecular complexity index is 1200. The summed E-state index contributed by atoms with van der Waals surface area (Å²) in [5, 5.41) is 20.0. The van der Waals surface area contributed by atoms with E-state index in [9.17, 15) is 19.5 Å². The van der Waals surface area contributed by atoms with E-state index in [0.29, 0.717) is 22.0 Å². The predicted molar refractivity (Wildman–Crippen MR) is 109 cm³/mol. The molecule has 0 fully saturated rings. The first-order valence-electron chi connectivity index (χ1n) is 8.43. The van der Waals surface area contributed by atoms with Crippen LogP contribution in [0.3, 0.4) is 0 Å². The van der Waals surface area contributed by atoms with Gasteiger partial charge < -0.3 is 19.5 Å². The summed E-state index contributed by atoms with van der Waals surface area (Å²) in [5.41, 5.74) is -0.853. The lowest BCUT2D eigenvalue weighted by atomic mass is 10.0. The Morgan fingerprint density at radius 1 is 1.14 bits per heavy atom. The van der Waals surface area contributed by atoms with Gasteiger partial charge in [0, 0.05) is 24.9 Å². The standard InChI is InChI=1S/C20H15Cl2NO6/c1-23-13-9-10(29-15-4-2-3-12(21)18(15)22)5-6-11(13)19(27)17(20(23)28)14(24)7-8-16(25)26/h2-6,9,27H,7-8H2,1H3,(H,25,26). The van der Waals surface area contributed by atoms with E-state index in [2.05, 4.69) is 0 Å². The number of rotatable bonds is 6. The summed E-state index contributed by atoms with van der Waals surface area (Å²) in [5.74, 6) is -1.75. The van der Waals surface area contributed by atoms with Gasteiger partial charge in [-0.2, -0.15) is 0 Å². The molecule has 0 aliphatic heterocycles. The number of carbonyl (C=O) groups is 2. The third-order valence-corrected chi connectivity index (χ3v) is 5.13. The van der Waals surface area contributed by atoms with Crippen molar-refractivity contribution in [2.75, 3.05) is 0 Å². The lowest BCUT2D eigenvalue weighted by Gasteiger charge is -2.13. The molecule has 0 atom stereocenters. The van der Waals surface area contributed by atoms with E-state index in [4.69, 9.17) is 33.0 Å². The van der Waals surface area contributed by atoms with Crippen molar-refractivity contribution in [3.05, 3.63) is 62.4 Å². The van der Waals surface area contributed by atoms with Gasteiger partial charge in [-0.1, -0.05) is 29.3 Å². The number of carboxylic acids is 1. The Balaban J connectivity index is 2.06. The quantitative estimate of drug-likeness (QED) is 0.556. The highest BCUT2D eigenvalue weighted by atomic mass is 35.5. The maximum atomic E-state index is 12.6. The summed E-state index contributed by atoms with van der Waals surface area (Å²) in [6.07, 6.45) is -0.829. The van der Waals surface area contributed by atoms with E-state index < -0.39 is 41.5 Å². The first-order chi connectivity index (χ1) is 13.7. The third-order valence-electron chi connectivity index (χ3n) is 4.33. The van der Waals surface area contributed by atoms with Crippen molar-refractivity contribution in [1.82, 2.24) is 4.57 Å². The summed E-state index contributed by atoms with van der Waals surface area (Å²) < 4.78 is 6.92. The van der Waals surface area contributed by atoms with Crippen LogP contribution in [0.5, 0.6) is 17.2 Å². The van der Waals surface area contributed by atoms with Gasteiger partial charge in [-0.3, -0.25) is 14.4 Å². The van der Waals surface area contributed by atoms with E-state index in [0.717, 1.165) is 0 Å². The molecule has 1 aromatic heterocycles. The monoisotopic (exact) mass is 435 g/mol. The lowest BCUT2D eigenvalue weighted by Crippen LogP contribution is -2.25. The Labute approximate surface area is 174 Å². The number of aryl methyl sites for hydroxylation is 1. The number of fused-ring (bicyclic) bond motifs is 1. The summed E-state index contributed by atoms with van der Waals surface area (Å²) in [6, 6.07) is 9.45. The largest absolute Gasteiger partial charge is 0.506 e. The molecule has 0 bridgehead atoms. The predicted octanol–water partition coefficient (Wildman–Crippen LogP) is 4.39. The van der Waals surface area contributed by atoms with Gasteiger partial charge in [0.2, 0.25) is 0 Å². The lowest BCUT2D eigenvalue weighted by molar-refractivity contribution is -0.136. The molecule has 0 saturated heterocycles. The van der Waals surface area contributed by atoms with E-state index in [-0.39, 0.29) is 10.4 Å².